The molecular formula is C18H21NO5S2. The fraction of sp³-hybridized carbons (Fsp3) is 0.333. The standard InChI is InChI=1S/C18H21NO5S2/c1-22-14-5-7-15(8-6-14)26(20,21)19-10-11-25-18(19)13-4-9-16(23-2)17(12-13)24-3/h4-9,12,18H,10-11H2,1-3H3/t18-/m0/s1. The molecule has 0 bridgehead atoms. The van der Waals surface area contributed by atoms with Crippen molar-refractivity contribution in [3.8, 4) is 17.2 Å². The summed E-state index contributed by atoms with van der Waals surface area (Å²) in [7, 11) is 1.07. The van der Waals surface area contributed by atoms with Crippen LogP contribution in [0.25, 0.3) is 0 Å². The highest BCUT2D eigenvalue weighted by atomic mass is 32.2. The predicted octanol–water partition coefficient (Wildman–Crippen LogP) is 3.15. The van der Waals surface area contributed by atoms with Crippen LogP contribution in [0.2, 0.25) is 0 Å². The third-order valence-electron chi connectivity index (χ3n) is 4.21. The van der Waals surface area contributed by atoms with E-state index in [2.05, 4.69) is 0 Å². The Morgan fingerprint density at radius 2 is 1.65 bits per heavy atom. The molecule has 1 atom stereocenters. The molecule has 3 rings (SSSR count). The normalized spacial score (nSPS) is 17.9. The minimum Gasteiger partial charge on any atom is -0.497 e. The van der Waals surface area contributed by atoms with Crippen LogP contribution < -0.4 is 14.2 Å². The molecule has 1 saturated heterocycles. The summed E-state index contributed by atoms with van der Waals surface area (Å²) in [6.45, 7) is 0.456. The smallest absolute Gasteiger partial charge is 0.244 e. The Labute approximate surface area is 158 Å². The van der Waals surface area contributed by atoms with Crippen LogP contribution in [0, 0.1) is 0 Å². The number of hydrogen-bond donors (Lipinski definition) is 0. The van der Waals surface area contributed by atoms with Crippen molar-refractivity contribution in [2.75, 3.05) is 33.6 Å². The number of nitrogens with zero attached hydrogens (tertiary/aromatic N) is 1. The highest BCUT2D eigenvalue weighted by Crippen LogP contribution is 2.43. The van der Waals surface area contributed by atoms with E-state index in [0.717, 1.165) is 11.3 Å². The first kappa shape index (κ1) is 18.9. The van der Waals surface area contributed by atoms with E-state index in [-0.39, 0.29) is 10.3 Å². The second-order valence-corrected chi connectivity index (χ2v) is 8.71. The van der Waals surface area contributed by atoms with E-state index < -0.39 is 10.0 Å². The third-order valence-corrected chi connectivity index (χ3v) is 7.48. The molecule has 2 aromatic carbocycles. The van der Waals surface area contributed by atoms with Crippen molar-refractivity contribution in [2.24, 2.45) is 0 Å². The molecule has 2 aromatic rings. The lowest BCUT2D eigenvalue weighted by Gasteiger charge is -2.24. The van der Waals surface area contributed by atoms with Crippen LogP contribution in [0.4, 0.5) is 0 Å². The molecule has 6 nitrogen and oxygen atoms in total. The fourth-order valence-electron chi connectivity index (χ4n) is 2.85. The molecule has 1 fully saturated rings. The zero-order valence-electron chi connectivity index (χ0n) is 14.8. The highest BCUT2D eigenvalue weighted by Gasteiger charge is 2.37. The Hall–Kier alpha value is -1.90. The molecule has 140 valence electrons. The summed E-state index contributed by atoms with van der Waals surface area (Å²) in [4.78, 5) is 0.256. The predicted molar refractivity (Wildman–Crippen MR) is 102 cm³/mol. The average molecular weight is 396 g/mol. The first-order chi connectivity index (χ1) is 12.5. The van der Waals surface area contributed by atoms with Gasteiger partial charge in [0.1, 0.15) is 5.75 Å². The maximum Gasteiger partial charge on any atom is 0.244 e. The van der Waals surface area contributed by atoms with Crippen LogP contribution in [-0.2, 0) is 10.0 Å². The largest absolute Gasteiger partial charge is 0.497 e. The monoisotopic (exact) mass is 395 g/mol. The summed E-state index contributed by atoms with van der Waals surface area (Å²) >= 11 is 1.59. The molecule has 1 aliphatic heterocycles. The van der Waals surface area contributed by atoms with Crippen molar-refractivity contribution >= 4 is 21.8 Å². The number of rotatable bonds is 6. The summed E-state index contributed by atoms with van der Waals surface area (Å²) < 4.78 is 43.5. The molecule has 0 aliphatic carbocycles. The number of sulfonamides is 1. The van der Waals surface area contributed by atoms with Crippen LogP contribution in [-0.4, -0.2) is 46.4 Å². The number of hydrogen-bond acceptors (Lipinski definition) is 6. The van der Waals surface area contributed by atoms with Crippen molar-refractivity contribution in [1.29, 1.82) is 0 Å². The summed E-state index contributed by atoms with van der Waals surface area (Å²) in [5.74, 6) is 2.55. The van der Waals surface area contributed by atoms with Gasteiger partial charge in [-0.15, -0.1) is 11.8 Å². The van der Waals surface area contributed by atoms with Gasteiger partial charge in [-0.1, -0.05) is 6.07 Å². The zero-order chi connectivity index (χ0) is 18.7. The second kappa shape index (κ2) is 7.77. The van der Waals surface area contributed by atoms with Crippen LogP contribution in [0.5, 0.6) is 17.2 Å². The van der Waals surface area contributed by atoms with E-state index in [1.807, 2.05) is 12.1 Å². The Bertz CT molecular complexity index is 868. The SMILES string of the molecule is COc1ccc(S(=O)(=O)N2CCS[C@H]2c2ccc(OC)c(OC)c2)cc1. The summed E-state index contributed by atoms with van der Waals surface area (Å²) in [6.07, 6.45) is 0. The van der Waals surface area contributed by atoms with Gasteiger partial charge in [0.2, 0.25) is 10.0 Å². The molecule has 0 saturated carbocycles. The van der Waals surface area contributed by atoms with Gasteiger partial charge in [0, 0.05) is 12.3 Å². The van der Waals surface area contributed by atoms with E-state index in [1.165, 1.54) is 4.31 Å². The van der Waals surface area contributed by atoms with E-state index in [0.29, 0.717) is 23.8 Å². The number of benzene rings is 2. The lowest BCUT2D eigenvalue weighted by Crippen LogP contribution is -2.30. The van der Waals surface area contributed by atoms with Gasteiger partial charge in [-0.2, -0.15) is 4.31 Å². The molecular weight excluding hydrogens is 374 g/mol. The van der Waals surface area contributed by atoms with E-state index >= 15 is 0 Å². The number of thioether (sulfide) groups is 1. The van der Waals surface area contributed by atoms with Crippen LogP contribution in [0.1, 0.15) is 10.9 Å². The quantitative estimate of drug-likeness (QED) is 0.749. The minimum absolute atomic E-state index is 0.256. The maximum atomic E-state index is 13.1. The van der Waals surface area contributed by atoms with Gasteiger partial charge >= 0.3 is 0 Å². The van der Waals surface area contributed by atoms with Gasteiger partial charge in [0.25, 0.3) is 0 Å². The maximum absolute atomic E-state index is 13.1. The van der Waals surface area contributed by atoms with Gasteiger partial charge < -0.3 is 14.2 Å². The Morgan fingerprint density at radius 3 is 2.27 bits per heavy atom. The van der Waals surface area contributed by atoms with Gasteiger partial charge in [-0.05, 0) is 42.0 Å². The lowest BCUT2D eigenvalue weighted by molar-refractivity contribution is 0.353. The average Bonchev–Trinajstić information content (AvgIpc) is 3.18. The molecule has 1 aliphatic rings. The van der Waals surface area contributed by atoms with E-state index in [9.17, 15) is 8.42 Å². The van der Waals surface area contributed by atoms with E-state index in [4.69, 9.17) is 14.2 Å². The third kappa shape index (κ3) is 3.49. The van der Waals surface area contributed by atoms with Crippen molar-refractivity contribution < 1.29 is 22.6 Å². The summed E-state index contributed by atoms with van der Waals surface area (Å²) in [5.41, 5.74) is 0.863. The van der Waals surface area contributed by atoms with Gasteiger partial charge in [-0.3, -0.25) is 0 Å². The lowest BCUT2D eigenvalue weighted by atomic mass is 10.2. The first-order valence-corrected chi connectivity index (χ1v) is 10.5. The molecule has 26 heavy (non-hydrogen) atoms. The van der Waals surface area contributed by atoms with Gasteiger partial charge in [-0.25, -0.2) is 8.42 Å². The van der Waals surface area contributed by atoms with Crippen molar-refractivity contribution in [3.05, 3.63) is 48.0 Å². The highest BCUT2D eigenvalue weighted by molar-refractivity contribution is 8.01. The van der Waals surface area contributed by atoms with Crippen molar-refractivity contribution in [2.45, 2.75) is 10.3 Å². The topological polar surface area (TPSA) is 65.1 Å². The summed E-state index contributed by atoms with van der Waals surface area (Å²) in [6, 6.07) is 12.0. The van der Waals surface area contributed by atoms with Crippen LogP contribution in [0.15, 0.2) is 47.4 Å². The molecule has 1 heterocycles. The van der Waals surface area contributed by atoms with Gasteiger partial charge in [0.15, 0.2) is 11.5 Å². The number of methoxy groups -OCH3 is 3. The van der Waals surface area contributed by atoms with Crippen LogP contribution in [0.3, 0.4) is 0 Å². The summed E-state index contributed by atoms with van der Waals surface area (Å²) in [5, 5.41) is -0.304. The molecule has 0 aromatic heterocycles. The van der Waals surface area contributed by atoms with Gasteiger partial charge in [0.05, 0.1) is 31.6 Å². The fourth-order valence-corrected chi connectivity index (χ4v) is 6.08. The number of ether oxygens (including phenoxy) is 3. The van der Waals surface area contributed by atoms with E-state index in [1.54, 1.807) is 63.4 Å². The molecule has 0 amide bonds. The van der Waals surface area contributed by atoms with Crippen LogP contribution >= 0.6 is 11.8 Å². The zero-order valence-corrected chi connectivity index (χ0v) is 16.5. The van der Waals surface area contributed by atoms with Crippen molar-refractivity contribution in [3.63, 3.8) is 0 Å². The minimum atomic E-state index is -3.61. The Balaban J connectivity index is 1.94. The molecule has 0 unspecified atom stereocenters. The van der Waals surface area contributed by atoms with Crippen molar-refractivity contribution in [1.82, 2.24) is 4.31 Å². The molecule has 0 spiro atoms. The Morgan fingerprint density at radius 1 is 0.962 bits per heavy atom. The molecule has 0 radical (unpaired) electrons. The Kier molecular flexibility index (Phi) is 5.64. The molecule has 8 heteroatoms. The molecule has 0 N–H and O–H groups in total. The second-order valence-electron chi connectivity index (χ2n) is 5.63. The first-order valence-electron chi connectivity index (χ1n) is 8.00.